The monoisotopic (exact) mass is 306 g/mol. The number of ether oxygens (including phenoxy) is 1. The van der Waals surface area contributed by atoms with Crippen LogP contribution in [-0.4, -0.2) is 52.8 Å². The van der Waals surface area contributed by atoms with Crippen molar-refractivity contribution in [1.29, 1.82) is 0 Å². The summed E-state index contributed by atoms with van der Waals surface area (Å²) in [4.78, 5) is 18.5. The molecule has 2 aliphatic rings. The topological polar surface area (TPSA) is 59.4 Å². The minimum absolute atomic E-state index is 0.000530. The van der Waals surface area contributed by atoms with Gasteiger partial charge in [-0.15, -0.1) is 0 Å². The zero-order chi connectivity index (χ0) is 15.5. The van der Waals surface area contributed by atoms with Gasteiger partial charge in [0.15, 0.2) is 0 Å². The van der Waals surface area contributed by atoms with Crippen molar-refractivity contribution in [3.8, 4) is 0 Å². The highest BCUT2D eigenvalue weighted by Crippen LogP contribution is 2.20. The van der Waals surface area contributed by atoms with Crippen LogP contribution >= 0.6 is 0 Å². The van der Waals surface area contributed by atoms with E-state index in [0.717, 1.165) is 51.2 Å². The van der Waals surface area contributed by atoms with Gasteiger partial charge in [-0.05, 0) is 32.1 Å². The second kappa shape index (κ2) is 6.69. The molecule has 0 aromatic carbocycles. The van der Waals surface area contributed by atoms with E-state index in [9.17, 15) is 4.79 Å². The van der Waals surface area contributed by atoms with Crippen LogP contribution in [0, 0.1) is 5.92 Å². The molecule has 1 saturated heterocycles. The van der Waals surface area contributed by atoms with E-state index in [1.54, 1.807) is 4.90 Å². The molecule has 3 heterocycles. The van der Waals surface area contributed by atoms with Crippen LogP contribution < -0.4 is 5.32 Å². The van der Waals surface area contributed by atoms with Gasteiger partial charge in [0.1, 0.15) is 5.82 Å². The normalized spacial score (nSPS) is 25.5. The number of aryl methyl sites for hydroxylation is 1. The Kier molecular flexibility index (Phi) is 4.66. The summed E-state index contributed by atoms with van der Waals surface area (Å²) in [6.07, 6.45) is 8.28. The maximum atomic E-state index is 12.3. The molecule has 0 unspecified atom stereocenters. The van der Waals surface area contributed by atoms with Crippen molar-refractivity contribution in [2.24, 2.45) is 5.92 Å². The first-order chi connectivity index (χ1) is 10.6. The van der Waals surface area contributed by atoms with Gasteiger partial charge in [0.25, 0.3) is 0 Å². The lowest BCUT2D eigenvalue weighted by Gasteiger charge is -2.29. The van der Waals surface area contributed by atoms with Crippen LogP contribution in [0.3, 0.4) is 0 Å². The molecule has 0 spiro atoms. The third kappa shape index (κ3) is 3.43. The molecule has 22 heavy (non-hydrogen) atoms. The van der Waals surface area contributed by atoms with Crippen LogP contribution in [-0.2, 0) is 17.7 Å². The van der Waals surface area contributed by atoms with E-state index in [4.69, 9.17) is 4.74 Å². The first kappa shape index (κ1) is 15.3. The van der Waals surface area contributed by atoms with Crippen LogP contribution in [0.25, 0.3) is 0 Å². The third-order valence-corrected chi connectivity index (χ3v) is 4.79. The Morgan fingerprint density at radius 2 is 2.45 bits per heavy atom. The van der Waals surface area contributed by atoms with Crippen LogP contribution in [0.5, 0.6) is 0 Å². The van der Waals surface area contributed by atoms with Crippen LogP contribution in [0.1, 0.15) is 32.0 Å². The highest BCUT2D eigenvalue weighted by molar-refractivity contribution is 5.74. The second-order valence-electron chi connectivity index (χ2n) is 6.57. The Morgan fingerprint density at radius 3 is 3.23 bits per heavy atom. The van der Waals surface area contributed by atoms with Crippen molar-refractivity contribution < 1.29 is 9.53 Å². The Labute approximate surface area is 131 Å². The van der Waals surface area contributed by atoms with Crippen LogP contribution in [0.2, 0.25) is 0 Å². The first-order valence-corrected chi connectivity index (χ1v) is 8.26. The molecule has 1 aromatic rings. The van der Waals surface area contributed by atoms with Crippen molar-refractivity contribution in [2.45, 2.75) is 51.3 Å². The van der Waals surface area contributed by atoms with Gasteiger partial charge in [0.05, 0.1) is 12.1 Å². The average molecular weight is 306 g/mol. The summed E-state index contributed by atoms with van der Waals surface area (Å²) < 4.78 is 7.84. The molecular formula is C16H26N4O2. The van der Waals surface area contributed by atoms with Crippen LogP contribution in [0.4, 0.5) is 4.79 Å². The fourth-order valence-electron chi connectivity index (χ4n) is 3.45. The molecule has 3 rings (SSSR count). The Hall–Kier alpha value is -1.56. The zero-order valence-electron chi connectivity index (χ0n) is 13.5. The molecule has 0 bridgehead atoms. The molecule has 0 radical (unpaired) electrons. The number of rotatable bonds is 4. The summed E-state index contributed by atoms with van der Waals surface area (Å²) in [5.41, 5.74) is 0. The number of urea groups is 1. The second-order valence-corrected chi connectivity index (χ2v) is 6.57. The highest BCUT2D eigenvalue weighted by Gasteiger charge is 2.26. The number of hydrogen-bond acceptors (Lipinski definition) is 3. The van der Waals surface area contributed by atoms with Crippen molar-refractivity contribution >= 4 is 6.03 Å². The number of hydrogen-bond donors (Lipinski definition) is 1. The highest BCUT2D eigenvalue weighted by atomic mass is 16.5. The molecule has 2 aliphatic heterocycles. The Balaban J connectivity index is 1.47. The maximum Gasteiger partial charge on any atom is 0.317 e. The zero-order valence-corrected chi connectivity index (χ0v) is 13.5. The van der Waals surface area contributed by atoms with E-state index >= 15 is 0 Å². The van der Waals surface area contributed by atoms with Crippen molar-refractivity contribution in [2.75, 3.05) is 20.2 Å². The molecule has 1 fully saturated rings. The van der Waals surface area contributed by atoms with Gasteiger partial charge in [-0.2, -0.15) is 0 Å². The number of amides is 2. The summed E-state index contributed by atoms with van der Waals surface area (Å²) in [7, 11) is 1.88. The Bertz CT molecular complexity index is 510. The molecule has 1 N–H and O–H groups in total. The van der Waals surface area contributed by atoms with E-state index < -0.39 is 0 Å². The summed E-state index contributed by atoms with van der Waals surface area (Å²) in [6.45, 7) is 4.58. The number of aromatic nitrogens is 2. The summed E-state index contributed by atoms with van der Waals surface area (Å²) in [5.74, 6) is 1.66. The lowest BCUT2D eigenvalue weighted by molar-refractivity contribution is 0.0833. The minimum Gasteiger partial charge on any atom is -0.376 e. The van der Waals surface area contributed by atoms with E-state index in [-0.39, 0.29) is 18.2 Å². The standard InChI is InChI=1S/C16H26N4O2/c1-12(14-4-3-9-22-14)18-16(21)19(2)10-13-5-6-15-17-7-8-20(15)11-13/h7-8,12-14H,3-6,9-11H2,1-2H3,(H,18,21)/t12-,13-,14+/m0/s1. The molecular weight excluding hydrogens is 280 g/mol. The van der Waals surface area contributed by atoms with Crippen molar-refractivity contribution in [3.05, 3.63) is 18.2 Å². The van der Waals surface area contributed by atoms with Crippen molar-refractivity contribution in [3.63, 3.8) is 0 Å². The molecule has 122 valence electrons. The predicted octanol–water partition coefficient (Wildman–Crippen LogP) is 1.65. The third-order valence-electron chi connectivity index (χ3n) is 4.79. The van der Waals surface area contributed by atoms with Gasteiger partial charge >= 0.3 is 6.03 Å². The van der Waals surface area contributed by atoms with E-state index in [1.165, 1.54) is 0 Å². The fraction of sp³-hybridized carbons (Fsp3) is 0.750. The molecule has 2 amide bonds. The number of nitrogens with one attached hydrogen (secondary N) is 1. The van der Waals surface area contributed by atoms with Gasteiger partial charge in [-0.3, -0.25) is 0 Å². The number of carbonyl (C=O) groups excluding carboxylic acids is 1. The SMILES string of the molecule is C[C@H](NC(=O)N(C)C[C@@H]1CCc2nccn2C1)[C@H]1CCCO1. The quantitative estimate of drug-likeness (QED) is 0.920. The number of carbonyl (C=O) groups is 1. The molecule has 0 saturated carbocycles. The van der Waals surface area contributed by atoms with Gasteiger partial charge in [0.2, 0.25) is 0 Å². The molecule has 6 heteroatoms. The predicted molar refractivity (Wildman–Crippen MR) is 83.6 cm³/mol. The molecule has 6 nitrogen and oxygen atoms in total. The smallest absolute Gasteiger partial charge is 0.317 e. The number of imidazole rings is 1. The van der Waals surface area contributed by atoms with Gasteiger partial charge in [-0.25, -0.2) is 9.78 Å². The molecule has 3 atom stereocenters. The van der Waals surface area contributed by atoms with Crippen LogP contribution in [0.15, 0.2) is 12.4 Å². The first-order valence-electron chi connectivity index (χ1n) is 8.26. The van der Waals surface area contributed by atoms with Gasteiger partial charge in [-0.1, -0.05) is 0 Å². The molecule has 0 aliphatic carbocycles. The van der Waals surface area contributed by atoms with Gasteiger partial charge in [0, 0.05) is 45.6 Å². The summed E-state index contributed by atoms with van der Waals surface area (Å²) in [6, 6.07) is 0.0727. The van der Waals surface area contributed by atoms with E-state index in [2.05, 4.69) is 14.9 Å². The number of nitrogens with zero attached hydrogens (tertiary/aromatic N) is 3. The van der Waals surface area contributed by atoms with E-state index in [1.807, 2.05) is 26.4 Å². The number of fused-ring (bicyclic) bond motifs is 1. The lowest BCUT2D eigenvalue weighted by Crippen LogP contribution is -2.48. The lowest BCUT2D eigenvalue weighted by atomic mass is 9.99. The largest absolute Gasteiger partial charge is 0.376 e. The molecule has 1 aromatic heterocycles. The maximum absolute atomic E-state index is 12.3. The minimum atomic E-state index is -0.000530. The van der Waals surface area contributed by atoms with E-state index in [0.29, 0.717) is 5.92 Å². The van der Waals surface area contributed by atoms with Gasteiger partial charge < -0.3 is 19.5 Å². The Morgan fingerprint density at radius 1 is 1.59 bits per heavy atom. The summed E-state index contributed by atoms with van der Waals surface area (Å²) >= 11 is 0. The summed E-state index contributed by atoms with van der Waals surface area (Å²) in [5, 5.41) is 3.07. The van der Waals surface area contributed by atoms with Crippen molar-refractivity contribution in [1.82, 2.24) is 19.8 Å². The fourth-order valence-corrected chi connectivity index (χ4v) is 3.45. The average Bonchev–Trinajstić information content (AvgIpc) is 3.18.